The highest BCUT2D eigenvalue weighted by Crippen LogP contribution is 2.26. The van der Waals surface area contributed by atoms with Gasteiger partial charge in [0.2, 0.25) is 0 Å². The summed E-state index contributed by atoms with van der Waals surface area (Å²) >= 11 is 5.93. The van der Waals surface area contributed by atoms with Gasteiger partial charge in [0.05, 0.1) is 0 Å². The first-order chi connectivity index (χ1) is 8.08. The molecule has 0 heterocycles. The van der Waals surface area contributed by atoms with Gasteiger partial charge < -0.3 is 5.11 Å². The van der Waals surface area contributed by atoms with E-state index in [0.717, 1.165) is 16.7 Å². The van der Waals surface area contributed by atoms with Gasteiger partial charge in [-0.2, -0.15) is 0 Å². The van der Waals surface area contributed by atoms with Crippen LogP contribution < -0.4 is 0 Å². The zero-order valence-corrected chi connectivity index (χ0v) is 10.7. The summed E-state index contributed by atoms with van der Waals surface area (Å²) in [5.41, 5.74) is 4.05. The lowest BCUT2D eigenvalue weighted by Gasteiger charge is -2.15. The Hall–Kier alpha value is -1.31. The van der Waals surface area contributed by atoms with E-state index in [1.54, 1.807) is 12.1 Å². The van der Waals surface area contributed by atoms with Crippen LogP contribution in [0.15, 0.2) is 42.5 Å². The van der Waals surface area contributed by atoms with Crippen molar-refractivity contribution in [3.8, 4) is 0 Å². The van der Waals surface area contributed by atoms with Gasteiger partial charge in [0, 0.05) is 5.02 Å². The predicted molar refractivity (Wildman–Crippen MR) is 71.4 cm³/mol. The third-order valence-corrected chi connectivity index (χ3v) is 3.12. The van der Waals surface area contributed by atoms with Gasteiger partial charge in [0.1, 0.15) is 6.10 Å². The number of halogens is 1. The van der Waals surface area contributed by atoms with Gasteiger partial charge in [-0.05, 0) is 42.7 Å². The van der Waals surface area contributed by atoms with Crippen molar-refractivity contribution < 1.29 is 5.11 Å². The summed E-state index contributed by atoms with van der Waals surface area (Å²) in [7, 11) is 0. The van der Waals surface area contributed by atoms with Crippen LogP contribution in [0.4, 0.5) is 0 Å². The van der Waals surface area contributed by atoms with Crippen LogP contribution in [-0.2, 0) is 0 Å². The Labute approximate surface area is 107 Å². The van der Waals surface area contributed by atoms with Gasteiger partial charge in [-0.15, -0.1) is 0 Å². The van der Waals surface area contributed by atoms with Crippen molar-refractivity contribution in [3.05, 3.63) is 69.7 Å². The molecule has 0 aliphatic carbocycles. The minimum Gasteiger partial charge on any atom is -0.384 e. The van der Waals surface area contributed by atoms with Crippen LogP contribution in [0.5, 0.6) is 0 Å². The molecule has 0 unspecified atom stereocenters. The number of aliphatic hydroxyl groups is 1. The Morgan fingerprint density at radius 3 is 2.47 bits per heavy atom. The quantitative estimate of drug-likeness (QED) is 0.848. The molecule has 0 saturated carbocycles. The van der Waals surface area contributed by atoms with Gasteiger partial charge in [-0.1, -0.05) is 47.5 Å². The zero-order valence-electron chi connectivity index (χ0n) is 9.94. The normalized spacial score (nSPS) is 12.5. The molecule has 0 aliphatic heterocycles. The van der Waals surface area contributed by atoms with Crippen LogP contribution in [0.1, 0.15) is 28.4 Å². The van der Waals surface area contributed by atoms with E-state index in [4.69, 9.17) is 11.6 Å². The fraction of sp³-hybridized carbons (Fsp3) is 0.200. The molecule has 0 spiro atoms. The summed E-state index contributed by atoms with van der Waals surface area (Å²) in [6.07, 6.45) is -0.616. The standard InChI is InChI=1S/C15H15ClO/c1-10-6-7-14(11(2)8-10)15(17)12-4-3-5-13(16)9-12/h3-9,15,17H,1-2H3/t15-/m1/s1. The van der Waals surface area contributed by atoms with Gasteiger partial charge in [-0.3, -0.25) is 0 Å². The van der Waals surface area contributed by atoms with Gasteiger partial charge in [0.25, 0.3) is 0 Å². The number of rotatable bonds is 2. The SMILES string of the molecule is Cc1ccc([C@H](O)c2cccc(Cl)c2)c(C)c1. The van der Waals surface area contributed by atoms with E-state index < -0.39 is 6.10 Å². The molecule has 2 heteroatoms. The van der Waals surface area contributed by atoms with Crippen LogP contribution in [0.2, 0.25) is 5.02 Å². The summed E-state index contributed by atoms with van der Waals surface area (Å²) < 4.78 is 0. The second kappa shape index (κ2) is 4.91. The minimum atomic E-state index is -0.616. The lowest BCUT2D eigenvalue weighted by molar-refractivity contribution is 0.219. The lowest BCUT2D eigenvalue weighted by Crippen LogP contribution is -2.02. The molecule has 1 nitrogen and oxygen atoms in total. The second-order valence-electron chi connectivity index (χ2n) is 4.32. The van der Waals surface area contributed by atoms with Crippen LogP contribution in [-0.4, -0.2) is 5.11 Å². The molecule has 0 radical (unpaired) electrons. The summed E-state index contributed by atoms with van der Waals surface area (Å²) in [6, 6.07) is 13.4. The van der Waals surface area contributed by atoms with E-state index in [9.17, 15) is 5.11 Å². The number of aliphatic hydroxyl groups excluding tert-OH is 1. The van der Waals surface area contributed by atoms with E-state index in [1.807, 2.05) is 38.1 Å². The van der Waals surface area contributed by atoms with E-state index in [2.05, 4.69) is 6.07 Å². The Morgan fingerprint density at radius 2 is 1.82 bits per heavy atom. The lowest BCUT2D eigenvalue weighted by atomic mass is 9.96. The second-order valence-corrected chi connectivity index (χ2v) is 4.75. The number of aryl methyl sites for hydroxylation is 2. The average molecular weight is 247 g/mol. The first-order valence-corrected chi connectivity index (χ1v) is 5.96. The molecule has 2 aromatic carbocycles. The van der Waals surface area contributed by atoms with Gasteiger partial charge in [-0.25, -0.2) is 0 Å². The van der Waals surface area contributed by atoms with E-state index >= 15 is 0 Å². The molecule has 2 aromatic rings. The van der Waals surface area contributed by atoms with Crippen molar-refractivity contribution in [2.24, 2.45) is 0 Å². The Morgan fingerprint density at radius 1 is 1.06 bits per heavy atom. The molecule has 17 heavy (non-hydrogen) atoms. The summed E-state index contributed by atoms with van der Waals surface area (Å²) in [5, 5.41) is 11.0. The molecule has 0 saturated heterocycles. The fourth-order valence-corrected chi connectivity index (χ4v) is 2.19. The van der Waals surface area contributed by atoms with Gasteiger partial charge >= 0.3 is 0 Å². The molecule has 0 amide bonds. The molecule has 0 aliphatic rings. The van der Waals surface area contributed by atoms with E-state index in [1.165, 1.54) is 5.56 Å². The third-order valence-electron chi connectivity index (χ3n) is 2.88. The monoisotopic (exact) mass is 246 g/mol. The molecule has 2 rings (SSSR count). The largest absolute Gasteiger partial charge is 0.384 e. The molecule has 0 aromatic heterocycles. The van der Waals surface area contributed by atoms with Crippen LogP contribution in [0.25, 0.3) is 0 Å². The summed E-state index contributed by atoms with van der Waals surface area (Å²) in [4.78, 5) is 0. The van der Waals surface area contributed by atoms with Gasteiger partial charge in [0.15, 0.2) is 0 Å². The number of benzene rings is 2. The molecule has 88 valence electrons. The van der Waals surface area contributed by atoms with Crippen molar-refractivity contribution in [1.82, 2.24) is 0 Å². The molecule has 0 fully saturated rings. The first kappa shape index (κ1) is 12.2. The maximum Gasteiger partial charge on any atom is 0.104 e. The summed E-state index contributed by atoms with van der Waals surface area (Å²) in [5.74, 6) is 0. The van der Waals surface area contributed by atoms with E-state index in [-0.39, 0.29) is 0 Å². The Bertz CT molecular complexity index is 534. The summed E-state index contributed by atoms with van der Waals surface area (Å²) in [6.45, 7) is 4.05. The van der Waals surface area contributed by atoms with Crippen molar-refractivity contribution >= 4 is 11.6 Å². The zero-order chi connectivity index (χ0) is 12.4. The van der Waals surface area contributed by atoms with Crippen LogP contribution >= 0.6 is 11.6 Å². The smallest absolute Gasteiger partial charge is 0.104 e. The topological polar surface area (TPSA) is 20.2 Å². The average Bonchev–Trinajstić information content (AvgIpc) is 2.28. The maximum atomic E-state index is 10.3. The highest BCUT2D eigenvalue weighted by Gasteiger charge is 2.12. The minimum absolute atomic E-state index is 0.616. The van der Waals surface area contributed by atoms with Crippen LogP contribution in [0, 0.1) is 13.8 Å². The number of hydrogen-bond donors (Lipinski definition) is 1. The van der Waals surface area contributed by atoms with Crippen molar-refractivity contribution in [2.45, 2.75) is 20.0 Å². The van der Waals surface area contributed by atoms with Crippen molar-refractivity contribution in [2.75, 3.05) is 0 Å². The molecule has 1 N–H and O–H groups in total. The number of hydrogen-bond acceptors (Lipinski definition) is 1. The fourth-order valence-electron chi connectivity index (χ4n) is 1.99. The maximum absolute atomic E-state index is 10.3. The Kier molecular flexibility index (Phi) is 3.51. The first-order valence-electron chi connectivity index (χ1n) is 5.58. The van der Waals surface area contributed by atoms with Crippen molar-refractivity contribution in [1.29, 1.82) is 0 Å². The highest BCUT2D eigenvalue weighted by atomic mass is 35.5. The highest BCUT2D eigenvalue weighted by molar-refractivity contribution is 6.30. The molecule has 0 bridgehead atoms. The Balaban J connectivity index is 2.40. The van der Waals surface area contributed by atoms with E-state index in [0.29, 0.717) is 5.02 Å². The third kappa shape index (κ3) is 2.68. The molecular weight excluding hydrogens is 232 g/mol. The molecular formula is C15H15ClO. The van der Waals surface area contributed by atoms with Crippen molar-refractivity contribution in [3.63, 3.8) is 0 Å². The predicted octanol–water partition coefficient (Wildman–Crippen LogP) is 4.04. The molecule has 1 atom stereocenters. The van der Waals surface area contributed by atoms with Crippen LogP contribution in [0.3, 0.4) is 0 Å².